The van der Waals surface area contributed by atoms with Gasteiger partial charge in [-0.05, 0) is 5.92 Å². The first kappa shape index (κ1) is 10.7. The van der Waals surface area contributed by atoms with Crippen LogP contribution in [0, 0.1) is 0 Å². The highest BCUT2D eigenvalue weighted by Crippen LogP contribution is 2.32. The summed E-state index contributed by atoms with van der Waals surface area (Å²) in [6.07, 6.45) is 0. The molecule has 0 saturated heterocycles. The molecule has 1 aliphatic heterocycles. The molecule has 0 saturated carbocycles. The second-order valence-electron chi connectivity index (χ2n) is 5.48. The number of fused-ring (bicyclic) bond motifs is 1. The second kappa shape index (κ2) is 3.34. The summed E-state index contributed by atoms with van der Waals surface area (Å²) in [5.74, 6) is 0.543. The zero-order valence-electron chi connectivity index (χ0n) is 10.4. The SMILES string of the molecule is CC(C)c1c2c(nn1C)C(C)(C)CNC2. The standard InChI is InChI=1S/C12H21N3/c1-8(2)10-9-6-13-7-12(3,4)11(9)14-15(10)5/h8,13H,6-7H2,1-5H3. The predicted octanol–water partition coefficient (Wildman–Crippen LogP) is 1.92. The maximum atomic E-state index is 4.70. The lowest BCUT2D eigenvalue weighted by atomic mass is 9.82. The maximum absolute atomic E-state index is 4.70. The van der Waals surface area contributed by atoms with E-state index in [1.165, 1.54) is 17.0 Å². The van der Waals surface area contributed by atoms with Crippen LogP contribution in [0.5, 0.6) is 0 Å². The van der Waals surface area contributed by atoms with Gasteiger partial charge in [-0.1, -0.05) is 27.7 Å². The molecule has 1 aromatic rings. The molecule has 0 fully saturated rings. The van der Waals surface area contributed by atoms with E-state index in [1.54, 1.807) is 0 Å². The van der Waals surface area contributed by atoms with Crippen LogP contribution in [0.25, 0.3) is 0 Å². The van der Waals surface area contributed by atoms with Gasteiger partial charge in [-0.15, -0.1) is 0 Å². The summed E-state index contributed by atoms with van der Waals surface area (Å²) in [7, 11) is 2.06. The molecule has 1 aromatic heterocycles. The Morgan fingerprint density at radius 3 is 2.67 bits per heavy atom. The van der Waals surface area contributed by atoms with E-state index < -0.39 is 0 Å². The summed E-state index contributed by atoms with van der Waals surface area (Å²) >= 11 is 0. The van der Waals surface area contributed by atoms with Crippen LogP contribution >= 0.6 is 0 Å². The molecule has 15 heavy (non-hydrogen) atoms. The zero-order chi connectivity index (χ0) is 11.2. The molecule has 3 heteroatoms. The van der Waals surface area contributed by atoms with Crippen LogP contribution in [0.2, 0.25) is 0 Å². The zero-order valence-corrected chi connectivity index (χ0v) is 10.4. The monoisotopic (exact) mass is 207 g/mol. The molecule has 0 unspecified atom stereocenters. The minimum Gasteiger partial charge on any atom is -0.312 e. The summed E-state index contributed by atoms with van der Waals surface area (Å²) in [4.78, 5) is 0. The molecule has 2 heterocycles. The average Bonchev–Trinajstić information content (AvgIpc) is 2.42. The van der Waals surface area contributed by atoms with E-state index in [0.29, 0.717) is 5.92 Å². The highest BCUT2D eigenvalue weighted by atomic mass is 15.3. The van der Waals surface area contributed by atoms with E-state index in [2.05, 4.69) is 44.7 Å². The van der Waals surface area contributed by atoms with E-state index >= 15 is 0 Å². The molecule has 0 atom stereocenters. The molecule has 1 N–H and O–H groups in total. The van der Waals surface area contributed by atoms with Gasteiger partial charge in [0.15, 0.2) is 0 Å². The lowest BCUT2D eigenvalue weighted by Gasteiger charge is -2.29. The van der Waals surface area contributed by atoms with Gasteiger partial charge in [-0.25, -0.2) is 0 Å². The van der Waals surface area contributed by atoms with Crippen molar-refractivity contribution in [2.75, 3.05) is 6.54 Å². The van der Waals surface area contributed by atoms with E-state index in [0.717, 1.165) is 13.1 Å². The van der Waals surface area contributed by atoms with Gasteiger partial charge in [-0.3, -0.25) is 4.68 Å². The minimum atomic E-state index is 0.165. The predicted molar refractivity (Wildman–Crippen MR) is 62.0 cm³/mol. The molecule has 3 nitrogen and oxygen atoms in total. The molecule has 0 radical (unpaired) electrons. The third kappa shape index (κ3) is 1.59. The Bertz CT molecular complexity index is 374. The second-order valence-corrected chi connectivity index (χ2v) is 5.48. The van der Waals surface area contributed by atoms with Gasteiger partial charge in [0.05, 0.1) is 5.69 Å². The Kier molecular flexibility index (Phi) is 2.38. The fourth-order valence-electron chi connectivity index (χ4n) is 2.60. The van der Waals surface area contributed by atoms with Crippen LogP contribution in [0.15, 0.2) is 0 Å². The third-order valence-electron chi connectivity index (χ3n) is 3.25. The fraction of sp³-hybridized carbons (Fsp3) is 0.750. The van der Waals surface area contributed by atoms with Gasteiger partial charge < -0.3 is 5.32 Å². The van der Waals surface area contributed by atoms with Crippen LogP contribution in [-0.2, 0) is 19.0 Å². The largest absolute Gasteiger partial charge is 0.312 e. The first-order valence-corrected chi connectivity index (χ1v) is 5.70. The van der Waals surface area contributed by atoms with Crippen molar-refractivity contribution < 1.29 is 0 Å². The molecular weight excluding hydrogens is 186 g/mol. The molecular formula is C12H21N3. The number of nitrogens with one attached hydrogen (secondary N) is 1. The van der Waals surface area contributed by atoms with E-state index in [1.807, 2.05) is 0 Å². The summed E-state index contributed by atoms with van der Waals surface area (Å²) in [6, 6.07) is 0. The highest BCUT2D eigenvalue weighted by molar-refractivity contribution is 5.35. The van der Waals surface area contributed by atoms with Crippen LogP contribution in [0.3, 0.4) is 0 Å². The van der Waals surface area contributed by atoms with Crippen molar-refractivity contribution in [3.05, 3.63) is 17.0 Å². The van der Waals surface area contributed by atoms with Gasteiger partial charge in [-0.2, -0.15) is 5.10 Å². The van der Waals surface area contributed by atoms with Crippen molar-refractivity contribution in [3.8, 4) is 0 Å². The topological polar surface area (TPSA) is 29.9 Å². The quantitative estimate of drug-likeness (QED) is 0.762. The Labute approximate surface area is 91.9 Å². The highest BCUT2D eigenvalue weighted by Gasteiger charge is 2.33. The van der Waals surface area contributed by atoms with Crippen LogP contribution in [-0.4, -0.2) is 16.3 Å². The number of rotatable bonds is 1. The van der Waals surface area contributed by atoms with Crippen LogP contribution < -0.4 is 5.32 Å². The smallest absolute Gasteiger partial charge is 0.0741 e. The molecule has 0 aliphatic carbocycles. The van der Waals surface area contributed by atoms with E-state index in [9.17, 15) is 0 Å². The van der Waals surface area contributed by atoms with Crippen LogP contribution in [0.4, 0.5) is 0 Å². The first-order valence-electron chi connectivity index (χ1n) is 5.70. The molecule has 0 spiro atoms. The van der Waals surface area contributed by atoms with Gasteiger partial charge in [0.25, 0.3) is 0 Å². The summed E-state index contributed by atoms with van der Waals surface area (Å²) < 4.78 is 2.06. The van der Waals surface area contributed by atoms with Gasteiger partial charge >= 0.3 is 0 Å². The number of aromatic nitrogens is 2. The van der Waals surface area contributed by atoms with Crippen LogP contribution in [0.1, 0.15) is 50.6 Å². The van der Waals surface area contributed by atoms with Crippen molar-refractivity contribution in [3.63, 3.8) is 0 Å². The lowest BCUT2D eigenvalue weighted by molar-refractivity contribution is 0.421. The number of hydrogen-bond acceptors (Lipinski definition) is 2. The first-order chi connectivity index (χ1) is 6.93. The molecule has 0 aromatic carbocycles. The van der Waals surface area contributed by atoms with Crippen molar-refractivity contribution in [2.45, 2.75) is 45.6 Å². The number of aryl methyl sites for hydroxylation is 1. The van der Waals surface area contributed by atoms with Crippen molar-refractivity contribution in [2.24, 2.45) is 7.05 Å². The Morgan fingerprint density at radius 1 is 1.40 bits per heavy atom. The van der Waals surface area contributed by atoms with Crippen molar-refractivity contribution >= 4 is 0 Å². The maximum Gasteiger partial charge on any atom is 0.0741 e. The minimum absolute atomic E-state index is 0.165. The fourth-order valence-corrected chi connectivity index (χ4v) is 2.60. The van der Waals surface area contributed by atoms with Crippen molar-refractivity contribution in [1.82, 2.24) is 15.1 Å². The summed E-state index contributed by atoms with van der Waals surface area (Å²) in [5, 5.41) is 8.19. The number of hydrogen-bond donors (Lipinski definition) is 1. The summed E-state index contributed by atoms with van der Waals surface area (Å²) in [6.45, 7) is 11.0. The summed E-state index contributed by atoms with van der Waals surface area (Å²) in [5.41, 5.74) is 4.25. The average molecular weight is 207 g/mol. The normalized spacial score (nSPS) is 19.3. The van der Waals surface area contributed by atoms with Gasteiger partial charge in [0.1, 0.15) is 0 Å². The van der Waals surface area contributed by atoms with Gasteiger partial charge in [0, 0.05) is 36.8 Å². The molecule has 0 amide bonds. The molecule has 84 valence electrons. The third-order valence-corrected chi connectivity index (χ3v) is 3.25. The van der Waals surface area contributed by atoms with Gasteiger partial charge in [0.2, 0.25) is 0 Å². The lowest BCUT2D eigenvalue weighted by Crippen LogP contribution is -2.38. The Balaban J connectivity index is 2.58. The van der Waals surface area contributed by atoms with Crippen molar-refractivity contribution in [1.29, 1.82) is 0 Å². The van der Waals surface area contributed by atoms with E-state index in [-0.39, 0.29) is 5.41 Å². The van der Waals surface area contributed by atoms with E-state index in [4.69, 9.17) is 5.10 Å². The molecule has 2 rings (SSSR count). The Hall–Kier alpha value is -0.830. The molecule has 1 aliphatic rings. The molecule has 0 bridgehead atoms. The number of nitrogens with zero attached hydrogens (tertiary/aromatic N) is 2. The Morgan fingerprint density at radius 2 is 2.07 bits per heavy atom.